The lowest BCUT2D eigenvalue weighted by Gasteiger charge is -2.20. The van der Waals surface area contributed by atoms with Crippen LogP contribution < -0.4 is 0 Å². The summed E-state index contributed by atoms with van der Waals surface area (Å²) in [5.41, 5.74) is 0.849. The number of allylic oxidation sites excluding steroid dienone is 2. The smallest absolute Gasteiger partial charge is 0.341 e. The van der Waals surface area contributed by atoms with Gasteiger partial charge in [-0.15, -0.1) is 0 Å². The molecule has 0 saturated carbocycles. The largest absolute Gasteiger partial charge is 0.465 e. The summed E-state index contributed by atoms with van der Waals surface area (Å²) < 4.78 is 27.9. The van der Waals surface area contributed by atoms with E-state index in [4.69, 9.17) is 23.4 Å². The van der Waals surface area contributed by atoms with Crippen LogP contribution in [0.15, 0.2) is 34.3 Å². The van der Waals surface area contributed by atoms with E-state index in [-0.39, 0.29) is 5.92 Å². The lowest BCUT2D eigenvalue weighted by atomic mass is 9.89. The average molecular weight is 430 g/mol. The summed E-state index contributed by atoms with van der Waals surface area (Å²) in [6, 6.07) is 1.66. The third-order valence-corrected chi connectivity index (χ3v) is 6.16. The number of rotatable bonds is 3. The van der Waals surface area contributed by atoms with Crippen LogP contribution >= 0.6 is 0 Å². The first-order chi connectivity index (χ1) is 14.6. The zero-order valence-electron chi connectivity index (χ0n) is 18.1. The number of methoxy groups -OCH3 is 1. The fourth-order valence-corrected chi connectivity index (χ4v) is 4.36. The van der Waals surface area contributed by atoms with Gasteiger partial charge in [0.2, 0.25) is 0 Å². The number of hydrogen-bond donors (Lipinski definition) is 0. The Morgan fingerprint density at radius 3 is 2.68 bits per heavy atom. The molecule has 0 amide bonds. The molecule has 5 atom stereocenters. The molecule has 0 unspecified atom stereocenters. The number of epoxide rings is 1. The van der Waals surface area contributed by atoms with E-state index in [0.717, 1.165) is 5.57 Å². The minimum atomic E-state index is -0.796. The topological polar surface area (TPSA) is 105 Å². The van der Waals surface area contributed by atoms with Gasteiger partial charge in [0.1, 0.15) is 34.9 Å². The Bertz CT molecular complexity index is 986. The van der Waals surface area contributed by atoms with Gasteiger partial charge in [0, 0.05) is 19.8 Å². The number of hydrogen-bond acceptors (Lipinski definition) is 8. The second-order valence-electron chi connectivity index (χ2n) is 8.61. The van der Waals surface area contributed by atoms with Gasteiger partial charge in [-0.05, 0) is 32.3 Å². The Balaban J connectivity index is 1.77. The van der Waals surface area contributed by atoms with Crippen molar-refractivity contribution in [2.24, 2.45) is 5.92 Å². The number of carbonyl (C=O) groups is 3. The van der Waals surface area contributed by atoms with Crippen molar-refractivity contribution in [3.05, 3.63) is 47.0 Å². The highest BCUT2D eigenvalue weighted by Crippen LogP contribution is 2.54. The third-order valence-electron chi connectivity index (χ3n) is 6.16. The predicted molar refractivity (Wildman–Crippen MR) is 107 cm³/mol. The van der Waals surface area contributed by atoms with Crippen molar-refractivity contribution < 1.29 is 37.7 Å². The molecule has 8 heteroatoms. The van der Waals surface area contributed by atoms with Crippen LogP contribution in [0.25, 0.3) is 0 Å². The van der Waals surface area contributed by atoms with E-state index < -0.39 is 41.8 Å². The van der Waals surface area contributed by atoms with Crippen molar-refractivity contribution in [2.45, 2.75) is 63.9 Å². The Morgan fingerprint density at radius 2 is 2.03 bits per heavy atom. The standard InChI is InChI=1S/C23H26O8/c1-11(2)13-6-7-14-19(28-12(3)24)18(30-22(14)26)10-23(4)20(31-23)17-9-15(21(25)27-5)16(8-13)29-17/h7,9,13,18-20H,1,6,8,10H2,2-5H3/b14-7-/t13-,18+,19-,20-,23-/m0/s1. The van der Waals surface area contributed by atoms with Gasteiger partial charge < -0.3 is 23.4 Å². The first-order valence-electron chi connectivity index (χ1n) is 10.3. The van der Waals surface area contributed by atoms with Crippen LogP contribution in [0.5, 0.6) is 0 Å². The van der Waals surface area contributed by atoms with Gasteiger partial charge in [0.05, 0.1) is 12.7 Å². The predicted octanol–water partition coefficient (Wildman–Crippen LogP) is 3.21. The van der Waals surface area contributed by atoms with Crippen LogP contribution in [0.3, 0.4) is 0 Å². The zero-order valence-corrected chi connectivity index (χ0v) is 18.1. The molecule has 3 aliphatic heterocycles. The molecule has 8 nitrogen and oxygen atoms in total. The molecule has 2 saturated heterocycles. The fraction of sp³-hybridized carbons (Fsp3) is 0.522. The van der Waals surface area contributed by atoms with Crippen LogP contribution in [-0.4, -0.2) is 42.8 Å². The molecule has 1 aromatic rings. The molecule has 0 aliphatic carbocycles. The van der Waals surface area contributed by atoms with Gasteiger partial charge in [-0.3, -0.25) is 4.79 Å². The molecule has 4 heterocycles. The van der Waals surface area contributed by atoms with Crippen LogP contribution in [0.2, 0.25) is 0 Å². The molecule has 1 aromatic heterocycles. The molecule has 0 spiro atoms. The molecule has 0 N–H and O–H groups in total. The highest BCUT2D eigenvalue weighted by atomic mass is 16.6. The summed E-state index contributed by atoms with van der Waals surface area (Å²) in [6.07, 6.45) is 1.00. The minimum Gasteiger partial charge on any atom is -0.465 e. The molecule has 31 heavy (non-hydrogen) atoms. The number of ether oxygens (including phenoxy) is 4. The van der Waals surface area contributed by atoms with E-state index in [2.05, 4.69) is 6.58 Å². The molecule has 0 aromatic carbocycles. The van der Waals surface area contributed by atoms with Crippen molar-refractivity contribution in [3.63, 3.8) is 0 Å². The summed E-state index contributed by atoms with van der Waals surface area (Å²) in [5, 5.41) is 0. The van der Waals surface area contributed by atoms with Gasteiger partial charge in [-0.1, -0.05) is 18.2 Å². The van der Waals surface area contributed by atoms with Gasteiger partial charge in [0.25, 0.3) is 0 Å². The Hall–Kier alpha value is -2.87. The van der Waals surface area contributed by atoms with Crippen molar-refractivity contribution >= 4 is 17.9 Å². The second-order valence-corrected chi connectivity index (χ2v) is 8.61. The minimum absolute atomic E-state index is 0.119. The van der Waals surface area contributed by atoms with Crippen molar-refractivity contribution in [1.82, 2.24) is 0 Å². The molecule has 3 aliphatic rings. The van der Waals surface area contributed by atoms with Crippen LogP contribution in [0.1, 0.15) is 61.6 Å². The SMILES string of the molecule is C=C(C)[C@H]1C/C=C2\C(=O)O[C@H](C[C@]3(C)O[C@H]3c3cc(C(=O)OC)c(o3)C1)[C@H]2OC(C)=O. The number of furan rings is 1. The monoisotopic (exact) mass is 430 g/mol. The van der Waals surface area contributed by atoms with Crippen molar-refractivity contribution in [2.75, 3.05) is 7.11 Å². The lowest BCUT2D eigenvalue weighted by Crippen LogP contribution is -2.31. The number of esters is 3. The second kappa shape index (κ2) is 7.67. The summed E-state index contributed by atoms with van der Waals surface area (Å²) in [7, 11) is 1.32. The van der Waals surface area contributed by atoms with E-state index in [1.807, 2.05) is 13.8 Å². The normalized spacial score (nSPS) is 33.4. The molecule has 4 rings (SSSR count). The fourth-order valence-electron chi connectivity index (χ4n) is 4.36. The van der Waals surface area contributed by atoms with E-state index in [9.17, 15) is 14.4 Å². The quantitative estimate of drug-likeness (QED) is 0.312. The molecule has 0 radical (unpaired) electrons. The Kier molecular flexibility index (Phi) is 5.29. The third kappa shape index (κ3) is 3.92. The maximum atomic E-state index is 12.6. The van der Waals surface area contributed by atoms with E-state index >= 15 is 0 Å². The van der Waals surface area contributed by atoms with E-state index in [0.29, 0.717) is 41.9 Å². The Morgan fingerprint density at radius 1 is 1.29 bits per heavy atom. The zero-order chi connectivity index (χ0) is 22.5. The summed E-state index contributed by atoms with van der Waals surface area (Å²) in [5.74, 6) is -0.577. The van der Waals surface area contributed by atoms with Crippen LogP contribution in [0, 0.1) is 5.92 Å². The van der Waals surface area contributed by atoms with Gasteiger partial charge in [-0.25, -0.2) is 9.59 Å². The van der Waals surface area contributed by atoms with E-state index in [1.54, 1.807) is 12.1 Å². The molecular formula is C23H26O8. The summed E-state index contributed by atoms with van der Waals surface area (Å²) in [6.45, 7) is 9.11. The molecule has 2 fully saturated rings. The van der Waals surface area contributed by atoms with Crippen molar-refractivity contribution in [3.8, 4) is 0 Å². The van der Waals surface area contributed by atoms with Gasteiger partial charge >= 0.3 is 17.9 Å². The average Bonchev–Trinajstić information content (AvgIpc) is 3.04. The molecule has 4 bridgehead atoms. The lowest BCUT2D eigenvalue weighted by molar-refractivity contribution is -0.151. The first kappa shape index (κ1) is 21.4. The van der Waals surface area contributed by atoms with Gasteiger partial charge in [-0.2, -0.15) is 0 Å². The van der Waals surface area contributed by atoms with Crippen LogP contribution in [-0.2, 0) is 35.0 Å². The van der Waals surface area contributed by atoms with Crippen LogP contribution in [0.4, 0.5) is 0 Å². The van der Waals surface area contributed by atoms with Gasteiger partial charge in [0.15, 0.2) is 6.10 Å². The number of fused-ring (bicyclic) bond motifs is 6. The highest BCUT2D eigenvalue weighted by Gasteiger charge is 2.59. The van der Waals surface area contributed by atoms with E-state index in [1.165, 1.54) is 14.0 Å². The number of carbonyl (C=O) groups excluding carboxylic acids is 3. The summed E-state index contributed by atoms with van der Waals surface area (Å²) >= 11 is 0. The summed E-state index contributed by atoms with van der Waals surface area (Å²) in [4.78, 5) is 36.6. The maximum Gasteiger partial charge on any atom is 0.341 e. The highest BCUT2D eigenvalue weighted by molar-refractivity contribution is 5.93. The first-order valence-corrected chi connectivity index (χ1v) is 10.3. The molecular weight excluding hydrogens is 404 g/mol. The van der Waals surface area contributed by atoms with Crippen molar-refractivity contribution in [1.29, 1.82) is 0 Å². The maximum absolute atomic E-state index is 12.6. The Labute approximate surface area is 180 Å². The molecule has 166 valence electrons.